The maximum Gasteiger partial charge on any atom is 0.228 e. The Bertz CT molecular complexity index is 741. The van der Waals surface area contributed by atoms with E-state index in [4.69, 9.17) is 5.10 Å². The highest BCUT2D eigenvalue weighted by atomic mass is 32.2. The molecule has 1 aliphatic heterocycles. The summed E-state index contributed by atoms with van der Waals surface area (Å²) in [4.78, 5) is 12.2. The first-order valence-electron chi connectivity index (χ1n) is 7.70. The Morgan fingerprint density at radius 3 is 2.64 bits per heavy atom. The monoisotopic (exact) mass is 313 g/mol. The van der Waals surface area contributed by atoms with Crippen molar-refractivity contribution in [2.24, 2.45) is 5.92 Å². The Balaban J connectivity index is 1.79. The lowest BCUT2D eigenvalue weighted by molar-refractivity contribution is -0.117. The first-order chi connectivity index (χ1) is 10.6. The molecule has 4 nitrogen and oxygen atoms in total. The minimum absolute atomic E-state index is 0.144. The SMILES string of the molecule is Cc1cc(C)cc(-n2nc3c(c2NC(=O)C2CC2)CSC3)c1. The van der Waals surface area contributed by atoms with Gasteiger partial charge in [0.15, 0.2) is 0 Å². The van der Waals surface area contributed by atoms with Gasteiger partial charge in [-0.2, -0.15) is 16.9 Å². The number of aromatic nitrogens is 2. The molecule has 1 aliphatic carbocycles. The van der Waals surface area contributed by atoms with Gasteiger partial charge in [-0.15, -0.1) is 0 Å². The maximum atomic E-state index is 12.2. The number of fused-ring (bicyclic) bond motifs is 1. The van der Waals surface area contributed by atoms with Gasteiger partial charge in [-0.25, -0.2) is 4.68 Å². The highest BCUT2D eigenvalue weighted by Gasteiger charge is 2.32. The van der Waals surface area contributed by atoms with Gasteiger partial charge in [-0.3, -0.25) is 4.79 Å². The first kappa shape index (κ1) is 13.9. The standard InChI is InChI=1S/C17H19N3OS/c1-10-5-11(2)7-13(6-10)20-16(18-17(21)12-3-4-12)14-8-22-9-15(14)19-20/h5-7,12H,3-4,8-9H2,1-2H3,(H,18,21). The lowest BCUT2D eigenvalue weighted by atomic mass is 10.1. The lowest BCUT2D eigenvalue weighted by Crippen LogP contribution is -2.17. The number of nitrogens with zero attached hydrogens (tertiary/aromatic N) is 2. The van der Waals surface area contributed by atoms with Crippen LogP contribution in [0.5, 0.6) is 0 Å². The molecule has 4 rings (SSSR count). The van der Waals surface area contributed by atoms with Crippen molar-refractivity contribution in [3.63, 3.8) is 0 Å². The molecular weight excluding hydrogens is 294 g/mol. The largest absolute Gasteiger partial charge is 0.310 e. The third-order valence-corrected chi connectivity index (χ3v) is 5.16. The molecule has 2 heterocycles. The quantitative estimate of drug-likeness (QED) is 0.942. The maximum absolute atomic E-state index is 12.2. The summed E-state index contributed by atoms with van der Waals surface area (Å²) in [6.45, 7) is 4.18. The average molecular weight is 313 g/mol. The van der Waals surface area contributed by atoms with Crippen molar-refractivity contribution >= 4 is 23.5 Å². The summed E-state index contributed by atoms with van der Waals surface area (Å²) in [6.07, 6.45) is 2.03. The second kappa shape index (κ2) is 5.16. The van der Waals surface area contributed by atoms with Gasteiger partial charge in [0.2, 0.25) is 5.91 Å². The summed E-state index contributed by atoms with van der Waals surface area (Å²) in [5.74, 6) is 3.08. The lowest BCUT2D eigenvalue weighted by Gasteiger charge is -2.12. The molecule has 1 fully saturated rings. The van der Waals surface area contributed by atoms with Crippen LogP contribution in [0.25, 0.3) is 5.69 Å². The minimum Gasteiger partial charge on any atom is -0.310 e. The molecule has 0 spiro atoms. The summed E-state index contributed by atoms with van der Waals surface area (Å²) in [7, 11) is 0. The molecule has 0 atom stereocenters. The molecule has 0 bridgehead atoms. The van der Waals surface area contributed by atoms with Crippen molar-refractivity contribution in [3.05, 3.63) is 40.6 Å². The second-order valence-electron chi connectivity index (χ2n) is 6.29. The van der Waals surface area contributed by atoms with Crippen molar-refractivity contribution in [2.75, 3.05) is 5.32 Å². The highest BCUT2D eigenvalue weighted by Crippen LogP contribution is 2.38. The van der Waals surface area contributed by atoms with Crippen LogP contribution in [-0.4, -0.2) is 15.7 Å². The molecule has 22 heavy (non-hydrogen) atoms. The van der Waals surface area contributed by atoms with Crippen LogP contribution in [0, 0.1) is 19.8 Å². The third kappa shape index (κ3) is 2.43. The van der Waals surface area contributed by atoms with Gasteiger partial charge >= 0.3 is 0 Å². The van der Waals surface area contributed by atoms with Crippen molar-refractivity contribution in [1.82, 2.24) is 9.78 Å². The van der Waals surface area contributed by atoms with E-state index in [1.807, 2.05) is 16.4 Å². The fraction of sp³-hybridized carbons (Fsp3) is 0.412. The van der Waals surface area contributed by atoms with E-state index in [1.165, 1.54) is 16.7 Å². The molecule has 2 aromatic rings. The molecule has 0 radical (unpaired) electrons. The number of benzene rings is 1. The molecule has 0 unspecified atom stereocenters. The van der Waals surface area contributed by atoms with Crippen molar-refractivity contribution in [1.29, 1.82) is 0 Å². The van der Waals surface area contributed by atoms with Gasteiger partial charge in [0.05, 0.1) is 11.4 Å². The Morgan fingerprint density at radius 1 is 1.23 bits per heavy atom. The number of hydrogen-bond donors (Lipinski definition) is 1. The van der Waals surface area contributed by atoms with E-state index in [0.29, 0.717) is 0 Å². The van der Waals surface area contributed by atoms with Gasteiger partial charge in [0, 0.05) is 23.0 Å². The van der Waals surface area contributed by atoms with Crippen molar-refractivity contribution < 1.29 is 4.79 Å². The van der Waals surface area contributed by atoms with Crippen LogP contribution in [0.1, 0.15) is 35.2 Å². The number of nitrogens with one attached hydrogen (secondary N) is 1. The summed E-state index contributed by atoms with van der Waals surface area (Å²) in [5, 5.41) is 7.90. The molecule has 1 aromatic heterocycles. The fourth-order valence-corrected chi connectivity index (χ4v) is 4.00. The zero-order valence-corrected chi connectivity index (χ0v) is 13.7. The van der Waals surface area contributed by atoms with E-state index in [0.717, 1.165) is 41.5 Å². The predicted molar refractivity (Wildman–Crippen MR) is 89.4 cm³/mol. The number of carbonyl (C=O) groups is 1. The van der Waals surface area contributed by atoms with Crippen LogP contribution in [0.2, 0.25) is 0 Å². The van der Waals surface area contributed by atoms with Crippen LogP contribution in [-0.2, 0) is 16.3 Å². The number of rotatable bonds is 3. The highest BCUT2D eigenvalue weighted by molar-refractivity contribution is 7.98. The average Bonchev–Trinajstić information content (AvgIpc) is 3.12. The van der Waals surface area contributed by atoms with E-state index in [9.17, 15) is 4.79 Å². The van der Waals surface area contributed by atoms with E-state index >= 15 is 0 Å². The fourth-order valence-electron chi connectivity index (χ4n) is 2.97. The van der Waals surface area contributed by atoms with Crippen LogP contribution < -0.4 is 5.32 Å². The Morgan fingerprint density at radius 2 is 1.95 bits per heavy atom. The van der Waals surface area contributed by atoms with Crippen molar-refractivity contribution in [3.8, 4) is 5.69 Å². The van der Waals surface area contributed by atoms with Crippen LogP contribution >= 0.6 is 11.8 Å². The summed E-state index contributed by atoms with van der Waals surface area (Å²) < 4.78 is 1.92. The van der Waals surface area contributed by atoms with Gasteiger partial charge in [0.25, 0.3) is 0 Å². The van der Waals surface area contributed by atoms with Gasteiger partial charge in [-0.05, 0) is 49.9 Å². The number of amides is 1. The predicted octanol–water partition coefficient (Wildman–Crippen LogP) is 3.58. The normalized spacial score (nSPS) is 16.6. The topological polar surface area (TPSA) is 46.9 Å². The molecule has 1 aromatic carbocycles. The Kier molecular flexibility index (Phi) is 3.26. The molecular formula is C17H19N3OS. The number of anilines is 1. The summed E-state index contributed by atoms with van der Waals surface area (Å²) >= 11 is 1.86. The smallest absolute Gasteiger partial charge is 0.228 e. The molecule has 5 heteroatoms. The number of aryl methyl sites for hydroxylation is 2. The number of carbonyl (C=O) groups excluding carboxylic acids is 1. The zero-order valence-electron chi connectivity index (χ0n) is 12.8. The van der Waals surface area contributed by atoms with Gasteiger partial charge < -0.3 is 5.32 Å². The number of thioether (sulfide) groups is 1. The van der Waals surface area contributed by atoms with Crippen LogP contribution in [0.15, 0.2) is 18.2 Å². The minimum atomic E-state index is 0.144. The van der Waals surface area contributed by atoms with Gasteiger partial charge in [-0.1, -0.05) is 6.07 Å². The van der Waals surface area contributed by atoms with E-state index < -0.39 is 0 Å². The molecule has 1 saturated carbocycles. The van der Waals surface area contributed by atoms with E-state index in [2.05, 4.69) is 37.4 Å². The van der Waals surface area contributed by atoms with Crippen LogP contribution in [0.3, 0.4) is 0 Å². The Hall–Kier alpha value is -1.75. The van der Waals surface area contributed by atoms with E-state index in [1.54, 1.807) is 0 Å². The second-order valence-corrected chi connectivity index (χ2v) is 7.27. The molecule has 114 valence electrons. The molecule has 0 saturated heterocycles. The third-order valence-electron chi connectivity index (χ3n) is 4.19. The zero-order chi connectivity index (χ0) is 15.3. The summed E-state index contributed by atoms with van der Waals surface area (Å²) in [6, 6.07) is 6.39. The summed E-state index contributed by atoms with van der Waals surface area (Å²) in [5.41, 5.74) is 5.75. The molecule has 1 N–H and O–H groups in total. The van der Waals surface area contributed by atoms with E-state index in [-0.39, 0.29) is 11.8 Å². The van der Waals surface area contributed by atoms with Gasteiger partial charge in [0.1, 0.15) is 5.82 Å². The number of hydrogen-bond acceptors (Lipinski definition) is 3. The Labute approximate surface area is 134 Å². The van der Waals surface area contributed by atoms with Crippen LogP contribution in [0.4, 0.5) is 5.82 Å². The molecule has 2 aliphatic rings. The molecule has 1 amide bonds. The first-order valence-corrected chi connectivity index (χ1v) is 8.85. The van der Waals surface area contributed by atoms with Crippen molar-refractivity contribution in [2.45, 2.75) is 38.2 Å².